The second kappa shape index (κ2) is 5.44. The maximum atomic E-state index is 13.2. The quantitative estimate of drug-likeness (QED) is 0.553. The molecule has 4 nitrogen and oxygen atoms in total. The van der Waals surface area contributed by atoms with Crippen molar-refractivity contribution in [2.45, 2.75) is 0 Å². The minimum atomic E-state index is -0.293. The van der Waals surface area contributed by atoms with E-state index in [1.54, 1.807) is 35.0 Å². The van der Waals surface area contributed by atoms with Gasteiger partial charge in [0.2, 0.25) is 0 Å². The van der Waals surface area contributed by atoms with Crippen LogP contribution in [0.25, 0.3) is 28.3 Å². The standard InChI is InChI=1S/C17H10ClFN4/c18-14-8-9-15-21-16(11-4-6-12(19)7-5-11)17(23(15)22-14)13-3-1-2-10-20-13/h1-10H. The fourth-order valence-corrected chi connectivity index (χ4v) is 2.59. The largest absolute Gasteiger partial charge is 0.255 e. The average Bonchev–Trinajstić information content (AvgIpc) is 2.95. The summed E-state index contributed by atoms with van der Waals surface area (Å²) in [5, 5.41) is 4.68. The van der Waals surface area contributed by atoms with Crippen LogP contribution < -0.4 is 0 Å². The van der Waals surface area contributed by atoms with Crippen LogP contribution in [0.3, 0.4) is 0 Å². The van der Waals surface area contributed by atoms with Gasteiger partial charge in [0, 0.05) is 11.8 Å². The summed E-state index contributed by atoms with van der Waals surface area (Å²) in [5.74, 6) is -0.293. The smallest absolute Gasteiger partial charge is 0.155 e. The Hall–Kier alpha value is -2.79. The average molecular weight is 325 g/mol. The van der Waals surface area contributed by atoms with Gasteiger partial charge in [0.05, 0.1) is 5.69 Å². The Labute approximate surface area is 136 Å². The fourth-order valence-electron chi connectivity index (χ4n) is 2.45. The number of aromatic nitrogens is 4. The van der Waals surface area contributed by atoms with Gasteiger partial charge in [-0.25, -0.2) is 13.9 Å². The Morgan fingerprint density at radius 2 is 1.78 bits per heavy atom. The highest BCUT2D eigenvalue weighted by Crippen LogP contribution is 2.31. The van der Waals surface area contributed by atoms with E-state index in [0.29, 0.717) is 22.2 Å². The lowest BCUT2D eigenvalue weighted by Gasteiger charge is -2.04. The van der Waals surface area contributed by atoms with Gasteiger partial charge in [0.25, 0.3) is 0 Å². The maximum absolute atomic E-state index is 13.2. The maximum Gasteiger partial charge on any atom is 0.155 e. The SMILES string of the molecule is Fc1ccc(-c2nc3ccc(Cl)nn3c2-c2ccccn2)cc1. The third kappa shape index (κ3) is 2.45. The molecule has 0 saturated heterocycles. The van der Waals surface area contributed by atoms with Gasteiger partial charge in [-0.05, 0) is 48.5 Å². The molecule has 3 heterocycles. The van der Waals surface area contributed by atoms with Gasteiger partial charge in [-0.2, -0.15) is 5.10 Å². The van der Waals surface area contributed by atoms with E-state index in [-0.39, 0.29) is 5.82 Å². The summed E-state index contributed by atoms with van der Waals surface area (Å²) in [7, 11) is 0. The molecule has 0 aliphatic heterocycles. The van der Waals surface area contributed by atoms with E-state index in [1.165, 1.54) is 12.1 Å². The first-order valence-electron chi connectivity index (χ1n) is 6.95. The van der Waals surface area contributed by atoms with Crippen LogP contribution in [0.2, 0.25) is 5.15 Å². The third-order valence-corrected chi connectivity index (χ3v) is 3.67. The van der Waals surface area contributed by atoms with Crippen molar-refractivity contribution >= 4 is 17.2 Å². The van der Waals surface area contributed by atoms with Gasteiger partial charge in [-0.3, -0.25) is 4.98 Å². The second-order valence-corrected chi connectivity index (χ2v) is 5.34. The van der Waals surface area contributed by atoms with Gasteiger partial charge in [-0.1, -0.05) is 17.7 Å². The van der Waals surface area contributed by atoms with E-state index in [0.717, 1.165) is 11.3 Å². The summed E-state index contributed by atoms with van der Waals surface area (Å²) in [6.07, 6.45) is 1.70. The molecule has 4 aromatic rings. The van der Waals surface area contributed by atoms with Gasteiger partial charge < -0.3 is 0 Å². The zero-order valence-corrected chi connectivity index (χ0v) is 12.6. The molecule has 1 aromatic carbocycles. The van der Waals surface area contributed by atoms with E-state index in [9.17, 15) is 4.39 Å². The van der Waals surface area contributed by atoms with Crippen molar-refractivity contribution in [1.82, 2.24) is 19.6 Å². The summed E-state index contributed by atoms with van der Waals surface area (Å²) in [4.78, 5) is 9.00. The Morgan fingerprint density at radius 3 is 2.52 bits per heavy atom. The number of hydrogen-bond acceptors (Lipinski definition) is 3. The van der Waals surface area contributed by atoms with Crippen LogP contribution in [0.5, 0.6) is 0 Å². The lowest BCUT2D eigenvalue weighted by molar-refractivity contribution is 0.628. The van der Waals surface area contributed by atoms with Crippen LogP contribution in [-0.4, -0.2) is 19.6 Å². The normalized spacial score (nSPS) is 11.0. The summed E-state index contributed by atoms with van der Waals surface area (Å²) in [6, 6.07) is 15.3. The van der Waals surface area contributed by atoms with Crippen molar-refractivity contribution in [3.8, 4) is 22.6 Å². The van der Waals surface area contributed by atoms with Gasteiger partial charge >= 0.3 is 0 Å². The first-order chi connectivity index (χ1) is 11.2. The van der Waals surface area contributed by atoms with Crippen molar-refractivity contribution in [1.29, 1.82) is 0 Å². The van der Waals surface area contributed by atoms with Crippen LogP contribution in [-0.2, 0) is 0 Å². The molecule has 0 fully saturated rings. The molecule has 0 saturated carbocycles. The van der Waals surface area contributed by atoms with Crippen LogP contribution in [0.15, 0.2) is 60.8 Å². The number of rotatable bonds is 2. The van der Waals surface area contributed by atoms with E-state index in [1.807, 2.05) is 18.2 Å². The molecule has 0 atom stereocenters. The lowest BCUT2D eigenvalue weighted by atomic mass is 10.1. The molecule has 3 aromatic heterocycles. The Morgan fingerprint density at radius 1 is 0.957 bits per heavy atom. The van der Waals surface area contributed by atoms with E-state index in [4.69, 9.17) is 11.6 Å². The first-order valence-corrected chi connectivity index (χ1v) is 7.33. The summed E-state index contributed by atoms with van der Waals surface area (Å²) >= 11 is 6.02. The zero-order valence-electron chi connectivity index (χ0n) is 11.8. The van der Waals surface area contributed by atoms with Gasteiger partial charge in [0.15, 0.2) is 5.65 Å². The molecule has 23 heavy (non-hydrogen) atoms. The number of halogens is 2. The molecular formula is C17H10ClFN4. The Balaban J connectivity index is 2.05. The third-order valence-electron chi connectivity index (χ3n) is 3.47. The molecule has 6 heteroatoms. The van der Waals surface area contributed by atoms with E-state index in [2.05, 4.69) is 15.1 Å². The minimum Gasteiger partial charge on any atom is -0.255 e. The summed E-state index contributed by atoms with van der Waals surface area (Å²) in [5.41, 5.74) is 3.55. The highest BCUT2D eigenvalue weighted by molar-refractivity contribution is 6.29. The molecule has 0 spiro atoms. The van der Waals surface area contributed by atoms with Crippen LogP contribution in [0.4, 0.5) is 4.39 Å². The lowest BCUT2D eigenvalue weighted by Crippen LogP contribution is -1.96. The molecule has 0 unspecified atom stereocenters. The number of imidazole rings is 1. The first kappa shape index (κ1) is 13.8. The molecule has 0 N–H and O–H groups in total. The predicted molar refractivity (Wildman–Crippen MR) is 86.6 cm³/mol. The molecule has 112 valence electrons. The summed E-state index contributed by atoms with van der Waals surface area (Å²) in [6.45, 7) is 0. The number of benzene rings is 1. The molecule has 0 bridgehead atoms. The highest BCUT2D eigenvalue weighted by Gasteiger charge is 2.18. The molecule has 0 amide bonds. The Bertz CT molecular complexity index is 981. The van der Waals surface area contributed by atoms with Crippen molar-refractivity contribution in [2.24, 2.45) is 0 Å². The Kier molecular flexibility index (Phi) is 3.28. The van der Waals surface area contributed by atoms with Crippen LogP contribution >= 0.6 is 11.6 Å². The molecule has 4 rings (SSSR count). The summed E-state index contributed by atoms with van der Waals surface area (Å²) < 4.78 is 14.9. The highest BCUT2D eigenvalue weighted by atomic mass is 35.5. The van der Waals surface area contributed by atoms with Gasteiger partial charge in [0.1, 0.15) is 22.4 Å². The number of pyridine rings is 1. The number of fused-ring (bicyclic) bond motifs is 1. The fraction of sp³-hybridized carbons (Fsp3) is 0. The van der Waals surface area contributed by atoms with E-state index >= 15 is 0 Å². The minimum absolute atomic E-state index is 0.293. The number of hydrogen-bond donors (Lipinski definition) is 0. The van der Waals surface area contributed by atoms with E-state index < -0.39 is 0 Å². The van der Waals surface area contributed by atoms with Crippen molar-refractivity contribution in [3.63, 3.8) is 0 Å². The topological polar surface area (TPSA) is 43.1 Å². The molecule has 0 aliphatic carbocycles. The molecule has 0 aliphatic rings. The number of nitrogens with zero attached hydrogens (tertiary/aromatic N) is 4. The van der Waals surface area contributed by atoms with Crippen molar-refractivity contribution in [3.05, 3.63) is 71.8 Å². The van der Waals surface area contributed by atoms with Crippen molar-refractivity contribution in [2.75, 3.05) is 0 Å². The van der Waals surface area contributed by atoms with Crippen LogP contribution in [0, 0.1) is 5.82 Å². The van der Waals surface area contributed by atoms with Crippen LogP contribution in [0.1, 0.15) is 0 Å². The molecular weight excluding hydrogens is 315 g/mol. The molecule has 0 radical (unpaired) electrons. The van der Waals surface area contributed by atoms with Crippen molar-refractivity contribution < 1.29 is 4.39 Å². The second-order valence-electron chi connectivity index (χ2n) is 4.96. The zero-order chi connectivity index (χ0) is 15.8. The predicted octanol–water partition coefficient (Wildman–Crippen LogP) is 4.25. The monoisotopic (exact) mass is 324 g/mol. The van der Waals surface area contributed by atoms with Gasteiger partial charge in [-0.15, -0.1) is 0 Å².